The molecule has 0 aliphatic carbocycles. The van der Waals surface area contributed by atoms with Gasteiger partial charge in [0, 0.05) is 11.9 Å². The van der Waals surface area contributed by atoms with Crippen molar-refractivity contribution in [2.24, 2.45) is 0 Å². The number of aromatic amines is 2. The lowest BCUT2D eigenvalue weighted by Crippen LogP contribution is -2.23. The highest BCUT2D eigenvalue weighted by molar-refractivity contribution is 6.05. The van der Waals surface area contributed by atoms with Crippen molar-refractivity contribution >= 4 is 27.8 Å². The van der Waals surface area contributed by atoms with Gasteiger partial charge < -0.3 is 10.3 Å². The molecule has 9 heteroatoms. The minimum absolute atomic E-state index is 0.0412. The number of fused-ring (bicyclic) bond motifs is 2. The first-order chi connectivity index (χ1) is 15.4. The van der Waals surface area contributed by atoms with E-state index in [0.717, 1.165) is 23.0 Å². The van der Waals surface area contributed by atoms with Crippen LogP contribution in [0.2, 0.25) is 0 Å². The zero-order valence-corrected chi connectivity index (χ0v) is 16.5. The lowest BCUT2D eigenvalue weighted by molar-refractivity contribution is -0.137. The number of halogens is 3. The molecule has 0 saturated heterocycles. The molecule has 0 aliphatic heterocycles. The molecule has 0 fully saturated rings. The van der Waals surface area contributed by atoms with E-state index in [1.807, 2.05) is 24.3 Å². The average molecular weight is 435 g/mol. The average Bonchev–Trinajstić information content (AvgIpc) is 3.41. The van der Waals surface area contributed by atoms with Crippen LogP contribution in [-0.4, -0.2) is 26.1 Å². The Bertz CT molecular complexity index is 1450. The summed E-state index contributed by atoms with van der Waals surface area (Å²) in [5.41, 5.74) is 2.52. The number of hydrogen-bond acceptors (Lipinski definition) is 3. The highest BCUT2D eigenvalue weighted by Crippen LogP contribution is 2.30. The summed E-state index contributed by atoms with van der Waals surface area (Å²) in [5, 5.41) is 10.8. The van der Waals surface area contributed by atoms with Crippen molar-refractivity contribution in [3.8, 4) is 11.5 Å². The number of aromatic nitrogens is 4. The fourth-order valence-electron chi connectivity index (χ4n) is 3.61. The monoisotopic (exact) mass is 435 g/mol. The summed E-state index contributed by atoms with van der Waals surface area (Å²) in [5.74, 6) is 0.0773. The lowest BCUT2D eigenvalue weighted by Gasteiger charge is -2.10. The van der Waals surface area contributed by atoms with Crippen LogP contribution < -0.4 is 5.32 Å². The van der Waals surface area contributed by atoms with Crippen LogP contribution >= 0.6 is 0 Å². The third-order valence-electron chi connectivity index (χ3n) is 5.16. The van der Waals surface area contributed by atoms with Gasteiger partial charge in [-0.2, -0.15) is 18.3 Å². The first-order valence-corrected chi connectivity index (χ1v) is 9.77. The summed E-state index contributed by atoms with van der Waals surface area (Å²) in [7, 11) is 0. The molecule has 0 bridgehead atoms. The van der Waals surface area contributed by atoms with E-state index < -0.39 is 17.6 Å². The van der Waals surface area contributed by atoms with E-state index in [-0.39, 0.29) is 6.54 Å². The second kappa shape index (κ2) is 7.52. The van der Waals surface area contributed by atoms with Gasteiger partial charge >= 0.3 is 6.18 Å². The standard InChI is InChI=1S/C23H16F3N5O/c24-23(25,26)14-6-3-5-13(11-14)12-27-22(32)16-8-4-10-18-19(16)29-21(28-18)20-15-7-1-2-9-17(15)30-31-20/h1-11H,12H2,(H,27,32)(H,28,29)(H,30,31). The normalized spacial score (nSPS) is 11.8. The van der Waals surface area contributed by atoms with E-state index in [1.54, 1.807) is 18.2 Å². The summed E-state index contributed by atoms with van der Waals surface area (Å²) < 4.78 is 38.7. The predicted molar refractivity (Wildman–Crippen MR) is 114 cm³/mol. The SMILES string of the molecule is O=C(NCc1cccc(C(F)(F)F)c1)c1cccc2[nH]c(-c3n[nH]c4ccccc34)nc12. The van der Waals surface area contributed by atoms with E-state index in [2.05, 4.69) is 25.5 Å². The maximum absolute atomic E-state index is 12.9. The van der Waals surface area contributed by atoms with E-state index in [9.17, 15) is 18.0 Å². The molecule has 0 radical (unpaired) electrons. The van der Waals surface area contributed by atoms with E-state index in [4.69, 9.17) is 0 Å². The van der Waals surface area contributed by atoms with Crippen LogP contribution in [0.1, 0.15) is 21.5 Å². The van der Waals surface area contributed by atoms with Gasteiger partial charge in [-0.1, -0.05) is 36.4 Å². The molecule has 0 saturated carbocycles. The third kappa shape index (κ3) is 3.58. The maximum Gasteiger partial charge on any atom is 0.416 e. The Morgan fingerprint density at radius 3 is 2.59 bits per heavy atom. The molecule has 0 atom stereocenters. The van der Waals surface area contributed by atoms with Crippen LogP contribution in [0, 0.1) is 0 Å². The van der Waals surface area contributed by atoms with Crippen molar-refractivity contribution in [2.75, 3.05) is 0 Å². The molecule has 5 aromatic rings. The highest BCUT2D eigenvalue weighted by atomic mass is 19.4. The Labute approximate surface area is 179 Å². The van der Waals surface area contributed by atoms with Crippen molar-refractivity contribution in [1.29, 1.82) is 0 Å². The fourth-order valence-corrected chi connectivity index (χ4v) is 3.61. The van der Waals surface area contributed by atoms with Crippen molar-refractivity contribution < 1.29 is 18.0 Å². The molecule has 32 heavy (non-hydrogen) atoms. The second-order valence-corrected chi connectivity index (χ2v) is 7.29. The molecule has 6 nitrogen and oxygen atoms in total. The van der Waals surface area contributed by atoms with Gasteiger partial charge in [0.15, 0.2) is 5.82 Å². The minimum atomic E-state index is -4.44. The van der Waals surface area contributed by atoms with Gasteiger partial charge in [-0.3, -0.25) is 9.89 Å². The number of carbonyl (C=O) groups excluding carboxylic acids is 1. The Hall–Kier alpha value is -4.14. The van der Waals surface area contributed by atoms with Crippen LogP contribution in [0.4, 0.5) is 13.2 Å². The molecular weight excluding hydrogens is 419 g/mol. The van der Waals surface area contributed by atoms with Gasteiger partial charge in [0.05, 0.1) is 22.2 Å². The molecule has 5 rings (SSSR count). The number of hydrogen-bond donors (Lipinski definition) is 3. The third-order valence-corrected chi connectivity index (χ3v) is 5.16. The molecule has 2 aromatic heterocycles. The van der Waals surface area contributed by atoms with Crippen LogP contribution in [0.3, 0.4) is 0 Å². The highest BCUT2D eigenvalue weighted by Gasteiger charge is 2.30. The summed E-state index contributed by atoms with van der Waals surface area (Å²) in [6.07, 6.45) is -4.44. The summed E-state index contributed by atoms with van der Waals surface area (Å²) in [6.45, 7) is -0.0412. The number of nitrogens with zero attached hydrogens (tertiary/aromatic N) is 2. The number of nitrogens with one attached hydrogen (secondary N) is 3. The smallest absolute Gasteiger partial charge is 0.348 e. The molecular formula is C23H16F3N5O. The molecule has 0 aliphatic rings. The maximum atomic E-state index is 12.9. The molecule has 160 valence electrons. The van der Waals surface area contributed by atoms with Crippen LogP contribution in [0.25, 0.3) is 33.5 Å². The number of rotatable bonds is 4. The lowest BCUT2D eigenvalue weighted by atomic mass is 10.1. The quantitative estimate of drug-likeness (QED) is 0.369. The number of imidazole rings is 1. The van der Waals surface area contributed by atoms with Crippen molar-refractivity contribution in [1.82, 2.24) is 25.5 Å². The number of benzene rings is 3. The van der Waals surface area contributed by atoms with Crippen molar-refractivity contribution in [3.63, 3.8) is 0 Å². The fraction of sp³-hybridized carbons (Fsp3) is 0.0870. The van der Waals surface area contributed by atoms with Gasteiger partial charge in [-0.05, 0) is 35.9 Å². The van der Waals surface area contributed by atoms with Crippen LogP contribution in [0.5, 0.6) is 0 Å². The Kier molecular flexibility index (Phi) is 4.66. The number of para-hydroxylation sites is 2. The zero-order chi connectivity index (χ0) is 22.3. The van der Waals surface area contributed by atoms with E-state index in [1.165, 1.54) is 12.1 Å². The first-order valence-electron chi connectivity index (χ1n) is 9.77. The predicted octanol–water partition coefficient (Wildman–Crippen LogP) is 5.06. The Morgan fingerprint density at radius 2 is 1.75 bits per heavy atom. The number of amides is 1. The van der Waals surface area contributed by atoms with E-state index >= 15 is 0 Å². The van der Waals surface area contributed by atoms with Crippen molar-refractivity contribution in [2.45, 2.75) is 12.7 Å². The Balaban J connectivity index is 1.43. The van der Waals surface area contributed by atoms with Gasteiger partial charge in [-0.15, -0.1) is 0 Å². The molecule has 3 aromatic carbocycles. The van der Waals surface area contributed by atoms with Crippen LogP contribution in [-0.2, 0) is 12.7 Å². The van der Waals surface area contributed by atoms with E-state index in [0.29, 0.717) is 33.7 Å². The topological polar surface area (TPSA) is 86.5 Å². The number of H-pyrrole nitrogens is 2. The molecule has 2 heterocycles. The van der Waals surface area contributed by atoms with Gasteiger partial charge in [0.25, 0.3) is 5.91 Å². The van der Waals surface area contributed by atoms with Crippen LogP contribution in [0.15, 0.2) is 66.7 Å². The largest absolute Gasteiger partial charge is 0.416 e. The van der Waals surface area contributed by atoms with Gasteiger partial charge in [0.2, 0.25) is 0 Å². The van der Waals surface area contributed by atoms with Gasteiger partial charge in [-0.25, -0.2) is 4.98 Å². The molecule has 0 spiro atoms. The number of carbonyl (C=O) groups is 1. The molecule has 0 unspecified atom stereocenters. The second-order valence-electron chi connectivity index (χ2n) is 7.29. The number of alkyl halides is 3. The summed E-state index contributed by atoms with van der Waals surface area (Å²) in [4.78, 5) is 20.6. The molecule has 3 N–H and O–H groups in total. The Morgan fingerprint density at radius 1 is 0.969 bits per heavy atom. The summed E-state index contributed by atoms with van der Waals surface area (Å²) in [6, 6.07) is 17.6. The molecule has 1 amide bonds. The van der Waals surface area contributed by atoms with Gasteiger partial charge in [0.1, 0.15) is 11.2 Å². The first kappa shape index (κ1) is 19.8. The zero-order valence-electron chi connectivity index (χ0n) is 16.5. The minimum Gasteiger partial charge on any atom is -0.348 e. The van der Waals surface area contributed by atoms with Crippen molar-refractivity contribution in [3.05, 3.63) is 83.4 Å². The summed E-state index contributed by atoms with van der Waals surface area (Å²) >= 11 is 0.